The van der Waals surface area contributed by atoms with Crippen molar-refractivity contribution in [1.82, 2.24) is 9.62 Å². The number of urea groups is 1. The van der Waals surface area contributed by atoms with Crippen LogP contribution in [0.1, 0.15) is 16.7 Å². The number of nitrogens with one attached hydrogen (secondary N) is 2. The summed E-state index contributed by atoms with van der Waals surface area (Å²) in [5.74, 6) is -0.930. The lowest BCUT2D eigenvalue weighted by Crippen LogP contribution is -2.39. The highest BCUT2D eigenvalue weighted by Crippen LogP contribution is 2.37. The number of anilines is 1. The van der Waals surface area contributed by atoms with E-state index in [1.165, 1.54) is 24.1 Å². The van der Waals surface area contributed by atoms with Crippen LogP contribution in [0.25, 0.3) is 0 Å². The molecule has 0 radical (unpaired) electrons. The van der Waals surface area contributed by atoms with Crippen molar-refractivity contribution in [3.05, 3.63) is 53.1 Å². The fourth-order valence-electron chi connectivity index (χ4n) is 3.04. The summed E-state index contributed by atoms with van der Waals surface area (Å²) in [5.41, 5.74) is 0.177. The molecule has 1 aliphatic heterocycles. The minimum Gasteiger partial charge on any atom is -0.507 e. The van der Waals surface area contributed by atoms with E-state index in [1.54, 1.807) is 6.07 Å². The second kappa shape index (κ2) is 7.56. The molecule has 0 aromatic heterocycles. The zero-order chi connectivity index (χ0) is 21.4. The van der Waals surface area contributed by atoms with Crippen LogP contribution in [-0.4, -0.2) is 38.0 Å². The molecule has 0 aliphatic carbocycles. The highest BCUT2D eigenvalue weighted by atomic mass is 32.2. The fourth-order valence-corrected chi connectivity index (χ4v) is 3.82. The Morgan fingerprint density at radius 1 is 1.14 bits per heavy atom. The SMILES string of the molecule is CNS(=O)(=O)c1ccc2c(c1)CN(C(=O)Nc1ccc(O)c(C(F)(F)F)c1)CC2. The quantitative estimate of drug-likeness (QED) is 0.654. The topological polar surface area (TPSA) is 98.7 Å². The Bertz CT molecular complexity index is 1050. The van der Waals surface area contributed by atoms with E-state index in [9.17, 15) is 31.5 Å². The molecule has 0 saturated heterocycles. The fraction of sp³-hybridized carbons (Fsp3) is 0.278. The summed E-state index contributed by atoms with van der Waals surface area (Å²) in [5, 5.41) is 11.8. The molecule has 3 rings (SSSR count). The van der Waals surface area contributed by atoms with Crippen molar-refractivity contribution in [2.75, 3.05) is 18.9 Å². The molecule has 0 bridgehead atoms. The van der Waals surface area contributed by atoms with E-state index in [1.807, 2.05) is 0 Å². The van der Waals surface area contributed by atoms with Crippen molar-refractivity contribution in [1.29, 1.82) is 0 Å². The summed E-state index contributed by atoms with van der Waals surface area (Å²) in [4.78, 5) is 13.9. The number of fused-ring (bicyclic) bond motifs is 1. The van der Waals surface area contributed by atoms with E-state index >= 15 is 0 Å². The standard InChI is InChI=1S/C18H18F3N3O4S/c1-22-29(27,28)14-4-2-11-6-7-24(10-12(11)8-14)17(26)23-13-3-5-16(25)15(9-13)18(19,20)21/h2-5,8-9,22,25H,6-7,10H2,1H3,(H,23,26). The molecule has 2 aromatic rings. The number of amides is 2. The van der Waals surface area contributed by atoms with Gasteiger partial charge in [-0.2, -0.15) is 13.2 Å². The van der Waals surface area contributed by atoms with Crippen LogP contribution < -0.4 is 10.0 Å². The van der Waals surface area contributed by atoms with Crippen molar-refractivity contribution in [3.63, 3.8) is 0 Å². The Labute approximate surface area is 165 Å². The molecule has 1 aliphatic rings. The molecule has 156 valence electrons. The molecule has 0 spiro atoms. The van der Waals surface area contributed by atoms with Crippen molar-refractivity contribution >= 4 is 21.7 Å². The number of carbonyl (C=O) groups is 1. The monoisotopic (exact) mass is 429 g/mol. The van der Waals surface area contributed by atoms with Crippen molar-refractivity contribution < 1.29 is 31.5 Å². The van der Waals surface area contributed by atoms with Gasteiger partial charge in [-0.1, -0.05) is 6.07 Å². The normalized spacial score (nSPS) is 14.4. The Morgan fingerprint density at radius 2 is 1.86 bits per heavy atom. The summed E-state index contributed by atoms with van der Waals surface area (Å²) in [6.45, 7) is 0.430. The Hall–Kier alpha value is -2.79. The van der Waals surface area contributed by atoms with Crippen molar-refractivity contribution in [2.24, 2.45) is 0 Å². The van der Waals surface area contributed by atoms with Gasteiger partial charge in [-0.25, -0.2) is 17.9 Å². The molecule has 0 unspecified atom stereocenters. The number of alkyl halides is 3. The third-order valence-corrected chi connectivity index (χ3v) is 6.02. The number of phenols is 1. The third kappa shape index (κ3) is 4.46. The summed E-state index contributed by atoms with van der Waals surface area (Å²) in [6.07, 6.45) is -4.28. The van der Waals surface area contributed by atoms with Gasteiger partial charge in [0.25, 0.3) is 0 Å². The van der Waals surface area contributed by atoms with E-state index < -0.39 is 33.5 Å². The van der Waals surface area contributed by atoms with E-state index in [-0.39, 0.29) is 17.1 Å². The summed E-state index contributed by atoms with van der Waals surface area (Å²) in [6, 6.07) is 6.69. The highest BCUT2D eigenvalue weighted by molar-refractivity contribution is 7.89. The predicted octanol–water partition coefficient (Wildman–Crippen LogP) is 2.91. The first kappa shape index (κ1) is 20.9. The molecule has 29 heavy (non-hydrogen) atoms. The number of benzene rings is 2. The first-order valence-corrected chi connectivity index (χ1v) is 10.0. The van der Waals surface area contributed by atoms with Gasteiger partial charge >= 0.3 is 12.2 Å². The van der Waals surface area contributed by atoms with Gasteiger partial charge in [0.05, 0.1) is 10.5 Å². The van der Waals surface area contributed by atoms with Crippen LogP contribution in [0, 0.1) is 0 Å². The van der Waals surface area contributed by atoms with Gasteiger partial charge < -0.3 is 15.3 Å². The molecule has 2 aromatic carbocycles. The molecule has 3 N–H and O–H groups in total. The van der Waals surface area contributed by atoms with Gasteiger partial charge in [-0.3, -0.25) is 0 Å². The molecule has 0 saturated carbocycles. The minimum absolute atomic E-state index is 0.0642. The minimum atomic E-state index is -4.76. The lowest BCUT2D eigenvalue weighted by Gasteiger charge is -2.29. The van der Waals surface area contributed by atoms with Crippen LogP contribution in [0.2, 0.25) is 0 Å². The number of hydrogen-bond acceptors (Lipinski definition) is 4. The number of aromatic hydroxyl groups is 1. The molecule has 11 heteroatoms. The molecular formula is C18H18F3N3O4S. The van der Waals surface area contributed by atoms with E-state index in [4.69, 9.17) is 0 Å². The van der Waals surface area contributed by atoms with Gasteiger partial charge in [-0.05, 0) is 54.9 Å². The molecule has 7 nitrogen and oxygen atoms in total. The maximum absolute atomic E-state index is 12.9. The second-order valence-corrected chi connectivity index (χ2v) is 8.36. The molecular weight excluding hydrogens is 411 g/mol. The predicted molar refractivity (Wildman–Crippen MR) is 98.9 cm³/mol. The lowest BCUT2D eigenvalue weighted by atomic mass is 10.0. The lowest BCUT2D eigenvalue weighted by molar-refractivity contribution is -0.138. The average Bonchev–Trinajstić information content (AvgIpc) is 2.67. The number of carbonyl (C=O) groups excluding carboxylic acids is 1. The second-order valence-electron chi connectivity index (χ2n) is 6.47. The van der Waals surface area contributed by atoms with E-state index in [0.717, 1.165) is 17.7 Å². The summed E-state index contributed by atoms with van der Waals surface area (Å²) in [7, 11) is -2.35. The number of hydrogen-bond donors (Lipinski definition) is 3. The summed E-state index contributed by atoms with van der Waals surface area (Å²) >= 11 is 0. The van der Waals surface area contributed by atoms with Crippen molar-refractivity contribution in [2.45, 2.75) is 24.0 Å². The first-order valence-electron chi connectivity index (χ1n) is 8.53. The van der Waals surface area contributed by atoms with Crippen LogP contribution in [0.4, 0.5) is 23.7 Å². The molecule has 0 atom stereocenters. The van der Waals surface area contributed by atoms with E-state index in [2.05, 4.69) is 10.0 Å². The maximum Gasteiger partial charge on any atom is 0.420 e. The van der Waals surface area contributed by atoms with Crippen LogP contribution in [0.3, 0.4) is 0 Å². The molecule has 2 amide bonds. The number of sulfonamides is 1. The smallest absolute Gasteiger partial charge is 0.420 e. The molecule has 1 heterocycles. The Kier molecular flexibility index (Phi) is 5.46. The number of phenolic OH excluding ortho intramolecular Hbond substituents is 1. The van der Waals surface area contributed by atoms with Gasteiger partial charge in [0.2, 0.25) is 10.0 Å². The largest absolute Gasteiger partial charge is 0.507 e. The summed E-state index contributed by atoms with van der Waals surface area (Å²) < 4.78 is 64.9. The van der Waals surface area contributed by atoms with Gasteiger partial charge in [-0.15, -0.1) is 0 Å². The number of nitrogens with zero attached hydrogens (tertiary/aromatic N) is 1. The third-order valence-electron chi connectivity index (χ3n) is 4.61. The van der Waals surface area contributed by atoms with Gasteiger partial charge in [0.1, 0.15) is 5.75 Å². The molecule has 0 fully saturated rings. The average molecular weight is 429 g/mol. The number of rotatable bonds is 3. The zero-order valence-electron chi connectivity index (χ0n) is 15.2. The van der Waals surface area contributed by atoms with Crippen LogP contribution in [-0.2, 0) is 29.2 Å². The van der Waals surface area contributed by atoms with Gasteiger partial charge in [0.15, 0.2) is 0 Å². The Balaban J connectivity index is 1.79. The van der Waals surface area contributed by atoms with Crippen LogP contribution >= 0.6 is 0 Å². The first-order chi connectivity index (χ1) is 13.5. The van der Waals surface area contributed by atoms with Crippen LogP contribution in [0.15, 0.2) is 41.3 Å². The van der Waals surface area contributed by atoms with Crippen molar-refractivity contribution in [3.8, 4) is 5.75 Å². The Morgan fingerprint density at radius 3 is 2.52 bits per heavy atom. The zero-order valence-corrected chi connectivity index (χ0v) is 16.1. The highest BCUT2D eigenvalue weighted by Gasteiger charge is 2.34. The van der Waals surface area contributed by atoms with Gasteiger partial charge in [0, 0.05) is 18.8 Å². The number of halogens is 3. The maximum atomic E-state index is 12.9. The van der Waals surface area contributed by atoms with E-state index in [0.29, 0.717) is 24.6 Å². The van der Waals surface area contributed by atoms with Crippen LogP contribution in [0.5, 0.6) is 5.75 Å².